The van der Waals surface area contributed by atoms with E-state index in [1.807, 2.05) is 54.6 Å². The van der Waals surface area contributed by atoms with Gasteiger partial charge in [-0.2, -0.15) is 15.8 Å². The third-order valence-electron chi connectivity index (χ3n) is 5.51. The lowest BCUT2D eigenvalue weighted by atomic mass is 9.60. The van der Waals surface area contributed by atoms with Crippen LogP contribution in [0.3, 0.4) is 0 Å². The molecule has 0 radical (unpaired) electrons. The standard InChI is InChI=1S/C23H11N3/c24-10-13-1-4-16-19(7-13)23-20-8-14(11-25)2-5-17(20)22(16)18-6-3-15(12-26)9-21(18)23/h1-9,22-23H. The van der Waals surface area contributed by atoms with Crippen LogP contribution in [0.15, 0.2) is 54.6 Å². The number of nitriles is 3. The molecular formula is C23H11N3. The first-order valence-corrected chi connectivity index (χ1v) is 8.37. The highest BCUT2D eigenvalue weighted by Gasteiger charge is 2.41. The van der Waals surface area contributed by atoms with Gasteiger partial charge in [0, 0.05) is 11.8 Å². The van der Waals surface area contributed by atoms with Crippen molar-refractivity contribution in [2.24, 2.45) is 0 Å². The largest absolute Gasteiger partial charge is 0.192 e. The van der Waals surface area contributed by atoms with Gasteiger partial charge in [0.2, 0.25) is 0 Å². The molecule has 0 aliphatic heterocycles. The number of hydrogen-bond donors (Lipinski definition) is 0. The molecule has 118 valence electrons. The Morgan fingerprint density at radius 3 is 1.08 bits per heavy atom. The lowest BCUT2D eigenvalue weighted by Gasteiger charge is -2.42. The molecule has 0 spiro atoms. The highest BCUT2D eigenvalue weighted by Crippen LogP contribution is 2.56. The predicted molar refractivity (Wildman–Crippen MR) is 95.4 cm³/mol. The molecule has 3 aromatic rings. The van der Waals surface area contributed by atoms with Crippen LogP contribution in [0.4, 0.5) is 0 Å². The zero-order valence-corrected chi connectivity index (χ0v) is 13.7. The summed E-state index contributed by atoms with van der Waals surface area (Å²) in [5.74, 6) is 0.0307. The smallest absolute Gasteiger partial charge is 0.0991 e. The molecule has 3 aliphatic carbocycles. The molecule has 0 unspecified atom stereocenters. The lowest BCUT2D eigenvalue weighted by molar-refractivity contribution is 0.753. The van der Waals surface area contributed by atoms with E-state index in [9.17, 15) is 15.8 Å². The van der Waals surface area contributed by atoms with E-state index in [1.165, 1.54) is 16.7 Å². The van der Waals surface area contributed by atoms with E-state index in [-0.39, 0.29) is 11.8 Å². The monoisotopic (exact) mass is 329 g/mol. The molecule has 3 aromatic carbocycles. The Labute approximate surface area is 151 Å². The van der Waals surface area contributed by atoms with Gasteiger partial charge in [-0.3, -0.25) is 0 Å². The van der Waals surface area contributed by atoms with E-state index in [4.69, 9.17) is 0 Å². The van der Waals surface area contributed by atoms with Crippen molar-refractivity contribution in [1.29, 1.82) is 15.8 Å². The highest BCUT2D eigenvalue weighted by molar-refractivity contribution is 5.70. The van der Waals surface area contributed by atoms with Gasteiger partial charge < -0.3 is 0 Å². The van der Waals surface area contributed by atoms with Gasteiger partial charge in [-0.15, -0.1) is 0 Å². The molecule has 3 nitrogen and oxygen atoms in total. The molecule has 0 fully saturated rings. The Morgan fingerprint density at radius 1 is 0.462 bits per heavy atom. The molecule has 0 heterocycles. The van der Waals surface area contributed by atoms with Crippen LogP contribution in [0.1, 0.15) is 61.9 Å². The fraction of sp³-hybridized carbons (Fsp3) is 0.0870. The molecule has 6 rings (SSSR count). The third-order valence-corrected chi connectivity index (χ3v) is 5.51. The first kappa shape index (κ1) is 14.5. The van der Waals surface area contributed by atoms with Crippen molar-refractivity contribution in [3.8, 4) is 18.2 Å². The summed E-state index contributed by atoms with van der Waals surface area (Å²) in [6, 6.07) is 24.3. The molecule has 2 bridgehead atoms. The Kier molecular flexibility index (Phi) is 2.82. The van der Waals surface area contributed by atoms with Gasteiger partial charge in [0.05, 0.1) is 34.9 Å². The van der Waals surface area contributed by atoms with Crippen molar-refractivity contribution in [2.45, 2.75) is 11.8 Å². The van der Waals surface area contributed by atoms with E-state index in [1.54, 1.807) is 0 Å². The van der Waals surface area contributed by atoms with Gasteiger partial charge in [-0.25, -0.2) is 0 Å². The van der Waals surface area contributed by atoms with E-state index in [0.29, 0.717) is 16.7 Å². The maximum absolute atomic E-state index is 9.33. The third kappa shape index (κ3) is 1.74. The van der Waals surface area contributed by atoms with E-state index in [2.05, 4.69) is 18.2 Å². The van der Waals surface area contributed by atoms with Crippen LogP contribution in [0.5, 0.6) is 0 Å². The van der Waals surface area contributed by atoms with Crippen molar-refractivity contribution in [1.82, 2.24) is 0 Å². The van der Waals surface area contributed by atoms with Gasteiger partial charge >= 0.3 is 0 Å². The van der Waals surface area contributed by atoms with Gasteiger partial charge in [-0.05, 0) is 69.8 Å². The minimum absolute atomic E-state index is 0.0464. The lowest BCUT2D eigenvalue weighted by Crippen LogP contribution is -2.27. The van der Waals surface area contributed by atoms with Gasteiger partial charge in [0.25, 0.3) is 0 Å². The van der Waals surface area contributed by atoms with E-state index in [0.717, 1.165) is 16.7 Å². The minimum atomic E-state index is -0.0464. The molecule has 0 saturated heterocycles. The molecule has 0 atom stereocenters. The number of hydrogen-bond acceptors (Lipinski definition) is 3. The Balaban J connectivity index is 1.87. The molecule has 0 saturated carbocycles. The Bertz CT molecular complexity index is 1080. The summed E-state index contributed by atoms with van der Waals surface area (Å²) in [4.78, 5) is 0. The van der Waals surface area contributed by atoms with Crippen molar-refractivity contribution in [2.75, 3.05) is 0 Å². The predicted octanol–water partition coefficient (Wildman–Crippen LogP) is 4.29. The first-order chi connectivity index (χ1) is 12.7. The zero-order valence-electron chi connectivity index (χ0n) is 13.7. The van der Waals surface area contributed by atoms with Gasteiger partial charge in [0.15, 0.2) is 0 Å². The second-order valence-corrected chi connectivity index (χ2v) is 6.73. The van der Waals surface area contributed by atoms with Crippen molar-refractivity contribution in [3.63, 3.8) is 0 Å². The molecule has 0 amide bonds. The summed E-state index contributed by atoms with van der Waals surface area (Å²) in [5, 5.41) is 28.0. The zero-order chi connectivity index (χ0) is 17.8. The topological polar surface area (TPSA) is 71.4 Å². The number of benzene rings is 3. The van der Waals surface area contributed by atoms with Crippen LogP contribution < -0.4 is 0 Å². The van der Waals surface area contributed by atoms with E-state index >= 15 is 0 Å². The average Bonchev–Trinajstić information content (AvgIpc) is 2.71. The fourth-order valence-corrected chi connectivity index (χ4v) is 4.48. The second kappa shape index (κ2) is 5.06. The first-order valence-electron chi connectivity index (χ1n) is 8.37. The SMILES string of the molecule is N#Cc1ccc2c(c1)C1c3cc(C#N)ccc3C2c2ccc(C#N)cc21. The quantitative estimate of drug-likeness (QED) is 0.425. The maximum atomic E-state index is 9.33. The van der Waals surface area contributed by atoms with Gasteiger partial charge in [-0.1, -0.05) is 18.2 Å². The summed E-state index contributed by atoms with van der Waals surface area (Å²) >= 11 is 0. The van der Waals surface area contributed by atoms with Crippen LogP contribution in [0.2, 0.25) is 0 Å². The van der Waals surface area contributed by atoms with Crippen LogP contribution in [-0.2, 0) is 0 Å². The summed E-state index contributed by atoms with van der Waals surface area (Å²) in [7, 11) is 0. The Hall–Kier alpha value is -3.87. The molecule has 0 N–H and O–H groups in total. The van der Waals surface area contributed by atoms with Crippen LogP contribution in [0.25, 0.3) is 0 Å². The van der Waals surface area contributed by atoms with Crippen molar-refractivity contribution >= 4 is 0 Å². The molecule has 26 heavy (non-hydrogen) atoms. The summed E-state index contributed by atoms with van der Waals surface area (Å²) in [6.45, 7) is 0. The molecule has 3 aliphatic rings. The number of nitrogens with zero attached hydrogens (tertiary/aromatic N) is 3. The summed E-state index contributed by atoms with van der Waals surface area (Å²) < 4.78 is 0. The second-order valence-electron chi connectivity index (χ2n) is 6.73. The molecular weight excluding hydrogens is 318 g/mol. The number of rotatable bonds is 0. The van der Waals surface area contributed by atoms with Gasteiger partial charge in [0.1, 0.15) is 0 Å². The summed E-state index contributed by atoms with van der Waals surface area (Å²) in [5.41, 5.74) is 8.86. The minimum Gasteiger partial charge on any atom is -0.192 e. The molecule has 0 aromatic heterocycles. The Morgan fingerprint density at radius 2 is 0.769 bits per heavy atom. The highest BCUT2D eigenvalue weighted by atomic mass is 14.4. The maximum Gasteiger partial charge on any atom is 0.0991 e. The van der Waals surface area contributed by atoms with Crippen LogP contribution in [-0.4, -0.2) is 0 Å². The van der Waals surface area contributed by atoms with Crippen molar-refractivity contribution in [3.05, 3.63) is 105 Å². The molecule has 3 heteroatoms. The average molecular weight is 329 g/mol. The van der Waals surface area contributed by atoms with E-state index < -0.39 is 0 Å². The normalized spacial score (nSPS) is 17.9. The van der Waals surface area contributed by atoms with Crippen molar-refractivity contribution < 1.29 is 0 Å². The van der Waals surface area contributed by atoms with Crippen LogP contribution in [0, 0.1) is 34.0 Å². The fourth-order valence-electron chi connectivity index (χ4n) is 4.48. The summed E-state index contributed by atoms with van der Waals surface area (Å²) in [6.07, 6.45) is 0. The van der Waals surface area contributed by atoms with Crippen LogP contribution >= 0.6 is 0 Å².